The molecule has 1 fully saturated rings. The predicted octanol–water partition coefficient (Wildman–Crippen LogP) is 7.64. The van der Waals surface area contributed by atoms with Crippen molar-refractivity contribution in [2.24, 2.45) is 0 Å². The first-order valence-corrected chi connectivity index (χ1v) is 17.2. The minimum atomic E-state index is -0.268. The molecule has 1 aliphatic rings. The summed E-state index contributed by atoms with van der Waals surface area (Å²) in [6, 6.07) is 22.3. The Labute approximate surface area is 290 Å². The second-order valence-corrected chi connectivity index (χ2v) is 12.7. The van der Waals surface area contributed by atoms with Crippen LogP contribution in [0.3, 0.4) is 0 Å². The summed E-state index contributed by atoms with van der Waals surface area (Å²) in [5, 5.41) is 1.95. The Balaban J connectivity index is 0.933. The third kappa shape index (κ3) is 9.74. The number of pyridine rings is 1. The van der Waals surface area contributed by atoms with Gasteiger partial charge in [0.15, 0.2) is 0 Å². The molecule has 0 saturated carbocycles. The second-order valence-electron chi connectivity index (χ2n) is 12.0. The van der Waals surface area contributed by atoms with Gasteiger partial charge in [0.2, 0.25) is 11.8 Å². The molecule has 252 valence electrons. The zero-order chi connectivity index (χ0) is 34.0. The van der Waals surface area contributed by atoms with Crippen molar-refractivity contribution < 1.29 is 23.4 Å². The minimum absolute atomic E-state index is 0.0174. The lowest BCUT2D eigenvalue weighted by Crippen LogP contribution is -2.47. The Morgan fingerprint density at radius 2 is 1.59 bits per heavy atom. The summed E-state index contributed by atoms with van der Waals surface area (Å²) < 4.78 is 30.6. The van der Waals surface area contributed by atoms with E-state index in [0.717, 1.165) is 54.2 Å². The van der Waals surface area contributed by atoms with Crippen LogP contribution in [0.4, 0.5) is 4.39 Å². The van der Waals surface area contributed by atoms with Crippen LogP contribution in [-0.4, -0.2) is 58.5 Å². The fourth-order valence-corrected chi connectivity index (χ4v) is 6.15. The monoisotopic (exact) mass is 678 g/mol. The van der Waals surface area contributed by atoms with Crippen molar-refractivity contribution in [1.82, 2.24) is 19.8 Å². The van der Waals surface area contributed by atoms with Crippen molar-refractivity contribution in [1.29, 1.82) is 0 Å². The van der Waals surface area contributed by atoms with Gasteiger partial charge in [-0.3, -0.25) is 9.69 Å². The SMILES string of the molecule is Cc1cc(C=CC(=O)N2CCN(Cc3ccc(CCOc4ccc(F)cc4)cc3)CC2)cc(C)c1Oc1ccc(OCc2cscn2)cn1. The molecule has 49 heavy (non-hydrogen) atoms. The average molecular weight is 679 g/mol. The molecule has 2 aromatic heterocycles. The van der Waals surface area contributed by atoms with Gasteiger partial charge in [-0.15, -0.1) is 11.3 Å². The molecule has 8 nitrogen and oxygen atoms in total. The van der Waals surface area contributed by atoms with E-state index in [-0.39, 0.29) is 11.7 Å². The van der Waals surface area contributed by atoms with Crippen LogP contribution < -0.4 is 14.2 Å². The Kier molecular flexibility index (Phi) is 11.3. The molecule has 0 unspecified atom stereocenters. The molecule has 6 rings (SSSR count). The predicted molar refractivity (Wildman–Crippen MR) is 190 cm³/mol. The fraction of sp³-hybridized carbons (Fsp3) is 0.256. The average Bonchev–Trinajstić information content (AvgIpc) is 3.64. The summed E-state index contributed by atoms with van der Waals surface area (Å²) in [5.41, 5.74) is 7.95. The number of carbonyl (C=O) groups excluding carboxylic acids is 1. The van der Waals surface area contributed by atoms with Crippen LogP contribution in [-0.2, 0) is 24.4 Å². The van der Waals surface area contributed by atoms with Crippen LogP contribution in [0.25, 0.3) is 6.08 Å². The molecule has 0 atom stereocenters. The molecule has 0 bridgehead atoms. The number of thiazole rings is 1. The molecule has 0 spiro atoms. The van der Waals surface area contributed by atoms with Crippen molar-refractivity contribution in [3.8, 4) is 23.1 Å². The summed E-state index contributed by atoms with van der Waals surface area (Å²) in [6.45, 7) is 8.78. The summed E-state index contributed by atoms with van der Waals surface area (Å²) in [7, 11) is 0. The van der Waals surface area contributed by atoms with E-state index in [0.29, 0.717) is 43.7 Å². The van der Waals surface area contributed by atoms with Crippen LogP contribution in [0.1, 0.15) is 33.5 Å². The molecular formula is C39H39FN4O4S. The molecule has 1 aliphatic heterocycles. The number of aryl methyl sites for hydroxylation is 2. The van der Waals surface area contributed by atoms with Crippen molar-refractivity contribution in [3.63, 3.8) is 0 Å². The lowest BCUT2D eigenvalue weighted by molar-refractivity contribution is -0.127. The van der Waals surface area contributed by atoms with Gasteiger partial charge < -0.3 is 19.1 Å². The molecule has 3 heterocycles. The smallest absolute Gasteiger partial charge is 0.246 e. The number of carbonyl (C=O) groups is 1. The highest BCUT2D eigenvalue weighted by Gasteiger charge is 2.20. The lowest BCUT2D eigenvalue weighted by atomic mass is 10.1. The van der Waals surface area contributed by atoms with E-state index < -0.39 is 0 Å². The number of hydrogen-bond donors (Lipinski definition) is 0. The number of aromatic nitrogens is 2. The van der Waals surface area contributed by atoms with E-state index >= 15 is 0 Å². The number of benzene rings is 3. The number of rotatable bonds is 13. The highest BCUT2D eigenvalue weighted by Crippen LogP contribution is 2.30. The van der Waals surface area contributed by atoms with Crippen LogP contribution in [0, 0.1) is 19.7 Å². The van der Waals surface area contributed by atoms with Gasteiger partial charge in [0.1, 0.15) is 29.7 Å². The van der Waals surface area contributed by atoms with E-state index in [1.807, 2.05) is 48.4 Å². The maximum absolute atomic E-state index is 13.1. The summed E-state index contributed by atoms with van der Waals surface area (Å²) in [4.78, 5) is 25.9. The maximum atomic E-state index is 13.1. The quantitative estimate of drug-likeness (QED) is 0.119. The number of halogens is 1. The van der Waals surface area contributed by atoms with Crippen LogP contribution in [0.2, 0.25) is 0 Å². The number of piperazine rings is 1. The van der Waals surface area contributed by atoms with Crippen LogP contribution in [0.5, 0.6) is 23.1 Å². The Morgan fingerprint density at radius 1 is 0.878 bits per heavy atom. The van der Waals surface area contributed by atoms with Gasteiger partial charge in [0, 0.05) is 56.7 Å². The molecule has 5 aromatic rings. The van der Waals surface area contributed by atoms with Gasteiger partial charge in [-0.25, -0.2) is 14.4 Å². The Morgan fingerprint density at radius 3 is 2.27 bits per heavy atom. The summed E-state index contributed by atoms with van der Waals surface area (Å²) >= 11 is 1.54. The molecule has 0 aliphatic carbocycles. The van der Waals surface area contributed by atoms with Crippen molar-refractivity contribution in [2.75, 3.05) is 32.8 Å². The minimum Gasteiger partial charge on any atom is -0.493 e. The van der Waals surface area contributed by atoms with Gasteiger partial charge in [-0.1, -0.05) is 24.3 Å². The third-order valence-corrected chi connectivity index (χ3v) is 8.91. The molecule has 1 saturated heterocycles. The van der Waals surface area contributed by atoms with Gasteiger partial charge in [-0.2, -0.15) is 0 Å². The molecule has 1 amide bonds. The van der Waals surface area contributed by atoms with Gasteiger partial charge >= 0.3 is 0 Å². The van der Waals surface area contributed by atoms with Crippen LogP contribution >= 0.6 is 11.3 Å². The lowest BCUT2D eigenvalue weighted by Gasteiger charge is -2.34. The maximum Gasteiger partial charge on any atom is 0.246 e. The molecule has 0 radical (unpaired) electrons. The topological polar surface area (TPSA) is 77.0 Å². The molecule has 3 aromatic carbocycles. The first-order chi connectivity index (χ1) is 23.9. The first kappa shape index (κ1) is 33.8. The number of nitrogens with zero attached hydrogens (tertiary/aromatic N) is 4. The number of amides is 1. The van der Waals surface area contributed by atoms with Gasteiger partial charge in [0.25, 0.3) is 0 Å². The van der Waals surface area contributed by atoms with Crippen LogP contribution in [0.15, 0.2) is 96.0 Å². The van der Waals surface area contributed by atoms with Gasteiger partial charge in [0.05, 0.1) is 24.0 Å². The normalized spacial score (nSPS) is 13.5. The highest BCUT2D eigenvalue weighted by molar-refractivity contribution is 7.07. The number of hydrogen-bond acceptors (Lipinski definition) is 8. The second kappa shape index (κ2) is 16.4. The van der Waals surface area contributed by atoms with Crippen molar-refractivity contribution in [2.45, 2.75) is 33.4 Å². The molecule has 0 N–H and O–H groups in total. The summed E-state index contributed by atoms with van der Waals surface area (Å²) in [6.07, 6.45) is 5.96. The van der Waals surface area contributed by atoms with E-state index in [2.05, 4.69) is 39.1 Å². The molecular weight excluding hydrogens is 640 g/mol. The Hall–Kier alpha value is -5.06. The van der Waals surface area contributed by atoms with E-state index in [1.54, 1.807) is 36.0 Å². The third-order valence-electron chi connectivity index (χ3n) is 8.27. The standard InChI is InChI=1S/C39H39FN4O4S/c1-28-21-32(22-29(2)39(28)48-37-13-12-36(23-41-37)47-25-34-26-49-27-42-34)7-14-38(45)44-18-16-43(17-19-44)24-31-5-3-30(4-6-31)15-20-46-35-10-8-33(40)9-11-35/h3-14,21-23,26-27H,15-20,24-25H2,1-2H3. The first-order valence-electron chi connectivity index (χ1n) is 16.3. The number of ether oxygens (including phenoxy) is 3. The zero-order valence-electron chi connectivity index (χ0n) is 27.7. The summed E-state index contributed by atoms with van der Waals surface area (Å²) in [5.74, 6) is 2.29. The fourth-order valence-electron chi connectivity index (χ4n) is 5.61. The van der Waals surface area contributed by atoms with E-state index in [1.165, 1.54) is 34.6 Å². The van der Waals surface area contributed by atoms with Crippen molar-refractivity contribution in [3.05, 3.63) is 135 Å². The molecule has 10 heteroatoms. The Bertz CT molecular complexity index is 1820. The van der Waals surface area contributed by atoms with Crippen molar-refractivity contribution >= 4 is 23.3 Å². The van der Waals surface area contributed by atoms with E-state index in [4.69, 9.17) is 14.2 Å². The van der Waals surface area contributed by atoms with Gasteiger partial charge in [-0.05, 0) is 90.2 Å². The highest BCUT2D eigenvalue weighted by atomic mass is 32.1. The van der Waals surface area contributed by atoms with E-state index in [9.17, 15) is 9.18 Å². The zero-order valence-corrected chi connectivity index (χ0v) is 28.5. The largest absolute Gasteiger partial charge is 0.493 e.